The molecule has 0 aromatic carbocycles. The van der Waals surface area contributed by atoms with E-state index in [1.165, 1.54) is 5.69 Å². The highest BCUT2D eigenvalue weighted by Crippen LogP contribution is 2.03. The molecule has 0 saturated carbocycles. The smallest absolute Gasteiger partial charge is 0.193 e. The van der Waals surface area contributed by atoms with Gasteiger partial charge >= 0.3 is 0 Å². The Morgan fingerprint density at radius 3 is 2.55 bits per heavy atom. The molecule has 0 atom stereocenters. The van der Waals surface area contributed by atoms with Crippen LogP contribution in [0, 0.1) is 0 Å². The van der Waals surface area contributed by atoms with E-state index in [1.54, 1.807) is 0 Å². The lowest BCUT2D eigenvalue weighted by Crippen LogP contribution is -2.44. The van der Waals surface area contributed by atoms with E-state index in [9.17, 15) is 0 Å². The second-order valence-electron chi connectivity index (χ2n) is 6.12. The van der Waals surface area contributed by atoms with Crippen molar-refractivity contribution in [3.05, 3.63) is 24.0 Å². The van der Waals surface area contributed by atoms with Crippen LogP contribution in [0.15, 0.2) is 23.3 Å². The fourth-order valence-corrected chi connectivity index (χ4v) is 1.98. The largest absolute Gasteiger partial charge is 0.355 e. The Morgan fingerprint density at radius 1 is 1.35 bits per heavy atom. The van der Waals surface area contributed by atoms with E-state index >= 15 is 0 Å². The molecule has 0 aliphatic carbocycles. The van der Waals surface area contributed by atoms with E-state index in [-0.39, 0.29) is 5.54 Å². The molecule has 0 amide bonds. The van der Waals surface area contributed by atoms with E-state index in [1.807, 2.05) is 7.05 Å². The van der Waals surface area contributed by atoms with E-state index in [2.05, 4.69) is 78.3 Å². The van der Waals surface area contributed by atoms with Gasteiger partial charge in [-0.15, -0.1) is 0 Å². The third-order valence-electron chi connectivity index (χ3n) is 3.09. The number of aromatic nitrogens is 1. The van der Waals surface area contributed by atoms with Gasteiger partial charge in [0.15, 0.2) is 5.96 Å². The predicted octanol–water partition coefficient (Wildman–Crippen LogP) is 1.42. The third kappa shape index (κ3) is 5.65. The van der Waals surface area contributed by atoms with Crippen LogP contribution in [0.25, 0.3) is 0 Å². The maximum Gasteiger partial charge on any atom is 0.193 e. The maximum absolute atomic E-state index is 4.33. The number of guanidine groups is 1. The fraction of sp³-hybridized carbons (Fsp3) is 0.667. The van der Waals surface area contributed by atoms with Crippen LogP contribution in [-0.2, 0) is 13.6 Å². The van der Waals surface area contributed by atoms with Gasteiger partial charge in [-0.25, -0.2) is 0 Å². The second kappa shape index (κ2) is 7.33. The molecular formula is C15H29N5. The zero-order chi connectivity index (χ0) is 15.2. The predicted molar refractivity (Wildman–Crippen MR) is 86.0 cm³/mol. The molecule has 1 aromatic rings. The molecule has 1 rings (SSSR count). The summed E-state index contributed by atoms with van der Waals surface area (Å²) in [5.74, 6) is 0.918. The molecule has 0 radical (unpaired) electrons. The lowest BCUT2D eigenvalue weighted by Gasteiger charge is -2.24. The van der Waals surface area contributed by atoms with Crippen molar-refractivity contribution >= 4 is 5.96 Å². The van der Waals surface area contributed by atoms with Gasteiger partial charge in [0.2, 0.25) is 0 Å². The Bertz CT molecular complexity index is 428. The first-order valence-electron chi connectivity index (χ1n) is 7.10. The Kier molecular flexibility index (Phi) is 6.07. The van der Waals surface area contributed by atoms with Crippen LogP contribution in [0.4, 0.5) is 0 Å². The van der Waals surface area contributed by atoms with E-state index in [0.717, 1.165) is 25.6 Å². The Labute approximate surface area is 123 Å². The van der Waals surface area contributed by atoms with Gasteiger partial charge in [0.25, 0.3) is 0 Å². The number of aryl methyl sites for hydroxylation is 1. The van der Waals surface area contributed by atoms with Gasteiger partial charge in [0.05, 0.1) is 6.54 Å². The Morgan fingerprint density at radius 2 is 2.05 bits per heavy atom. The number of nitrogens with zero attached hydrogens (tertiary/aromatic N) is 3. The summed E-state index contributed by atoms with van der Waals surface area (Å²) in [4.78, 5) is 6.46. The molecule has 114 valence electrons. The van der Waals surface area contributed by atoms with Gasteiger partial charge in [0.1, 0.15) is 0 Å². The van der Waals surface area contributed by atoms with Crippen molar-refractivity contribution < 1.29 is 0 Å². The van der Waals surface area contributed by atoms with Crippen molar-refractivity contribution in [3.63, 3.8) is 0 Å². The van der Waals surface area contributed by atoms with Crippen LogP contribution < -0.4 is 10.6 Å². The Hall–Kier alpha value is -1.49. The molecule has 0 fully saturated rings. The van der Waals surface area contributed by atoms with Gasteiger partial charge in [-0.1, -0.05) is 0 Å². The maximum atomic E-state index is 4.33. The highest BCUT2D eigenvalue weighted by atomic mass is 15.3. The molecular weight excluding hydrogens is 250 g/mol. The van der Waals surface area contributed by atoms with Crippen molar-refractivity contribution in [1.29, 1.82) is 0 Å². The minimum absolute atomic E-state index is 0.153. The van der Waals surface area contributed by atoms with Gasteiger partial charge in [-0.2, -0.15) is 0 Å². The lowest BCUT2D eigenvalue weighted by molar-refractivity contribution is 0.420. The van der Waals surface area contributed by atoms with E-state index < -0.39 is 0 Å². The molecule has 0 aliphatic rings. The van der Waals surface area contributed by atoms with Gasteiger partial charge < -0.3 is 20.1 Å². The lowest BCUT2D eigenvalue weighted by atomic mass is 10.1. The first-order valence-corrected chi connectivity index (χ1v) is 7.10. The summed E-state index contributed by atoms with van der Waals surface area (Å²) in [6.45, 7) is 9.13. The zero-order valence-corrected chi connectivity index (χ0v) is 13.7. The van der Waals surface area contributed by atoms with Crippen LogP contribution in [0.2, 0.25) is 0 Å². The highest BCUT2D eigenvalue weighted by Gasteiger charge is 2.10. The molecule has 1 heterocycles. The minimum Gasteiger partial charge on any atom is -0.355 e. The summed E-state index contributed by atoms with van der Waals surface area (Å²) in [6.07, 6.45) is 2.06. The van der Waals surface area contributed by atoms with Crippen LogP contribution in [0.1, 0.15) is 26.5 Å². The first-order chi connectivity index (χ1) is 9.33. The second-order valence-corrected chi connectivity index (χ2v) is 6.12. The van der Waals surface area contributed by atoms with Crippen molar-refractivity contribution in [2.45, 2.75) is 32.9 Å². The molecule has 2 N–H and O–H groups in total. The molecule has 0 saturated heterocycles. The molecule has 5 heteroatoms. The summed E-state index contributed by atoms with van der Waals surface area (Å²) < 4.78 is 2.13. The average molecular weight is 279 g/mol. The summed E-state index contributed by atoms with van der Waals surface area (Å²) in [7, 11) is 5.94. The highest BCUT2D eigenvalue weighted by molar-refractivity contribution is 5.79. The summed E-state index contributed by atoms with van der Waals surface area (Å²) in [5, 5.41) is 6.83. The monoisotopic (exact) mass is 279 g/mol. The molecule has 20 heavy (non-hydrogen) atoms. The molecule has 0 spiro atoms. The van der Waals surface area contributed by atoms with E-state index in [4.69, 9.17) is 0 Å². The zero-order valence-electron chi connectivity index (χ0n) is 13.7. The van der Waals surface area contributed by atoms with Gasteiger partial charge in [-0.05, 0) is 32.9 Å². The van der Waals surface area contributed by atoms with Crippen molar-refractivity contribution in [3.8, 4) is 0 Å². The SMILES string of the molecule is CN=C(NCCNC(C)(C)C)N(C)Cc1cccn1C. The standard InChI is InChI=1S/C15H29N5/c1-15(2,3)18-10-9-17-14(16-4)20(6)12-13-8-7-11-19(13)5/h7-8,11,18H,9-10,12H2,1-6H3,(H,16,17). The number of hydrogen-bond donors (Lipinski definition) is 2. The number of rotatable bonds is 5. The van der Waals surface area contributed by atoms with Gasteiger partial charge in [-0.3, -0.25) is 4.99 Å². The number of hydrogen-bond acceptors (Lipinski definition) is 2. The van der Waals surface area contributed by atoms with Crippen LogP contribution in [-0.4, -0.2) is 48.2 Å². The van der Waals surface area contributed by atoms with Crippen LogP contribution >= 0.6 is 0 Å². The van der Waals surface area contributed by atoms with Crippen LogP contribution in [0.3, 0.4) is 0 Å². The molecule has 0 unspecified atom stereocenters. The first kappa shape index (κ1) is 16.6. The van der Waals surface area contributed by atoms with Crippen molar-refractivity contribution in [1.82, 2.24) is 20.1 Å². The summed E-state index contributed by atoms with van der Waals surface area (Å²) >= 11 is 0. The molecule has 5 nitrogen and oxygen atoms in total. The normalized spacial score (nSPS) is 12.6. The van der Waals surface area contributed by atoms with Crippen LogP contribution in [0.5, 0.6) is 0 Å². The number of nitrogens with one attached hydrogen (secondary N) is 2. The van der Waals surface area contributed by atoms with Crippen molar-refractivity contribution in [2.75, 3.05) is 27.2 Å². The van der Waals surface area contributed by atoms with E-state index in [0.29, 0.717) is 0 Å². The molecule has 1 aromatic heterocycles. The Balaban J connectivity index is 2.40. The molecule has 0 aliphatic heterocycles. The average Bonchev–Trinajstić information content (AvgIpc) is 2.73. The molecule has 0 bridgehead atoms. The topological polar surface area (TPSA) is 44.6 Å². The summed E-state index contributed by atoms with van der Waals surface area (Å²) in [5.41, 5.74) is 1.42. The number of aliphatic imine (C=N–C) groups is 1. The summed E-state index contributed by atoms with van der Waals surface area (Å²) in [6, 6.07) is 4.19. The van der Waals surface area contributed by atoms with Gasteiger partial charge in [0, 0.05) is 51.7 Å². The minimum atomic E-state index is 0.153. The third-order valence-corrected chi connectivity index (χ3v) is 3.09. The fourth-order valence-electron chi connectivity index (χ4n) is 1.98. The van der Waals surface area contributed by atoms with Crippen molar-refractivity contribution in [2.24, 2.45) is 12.0 Å². The quantitative estimate of drug-likeness (QED) is 0.487.